The summed E-state index contributed by atoms with van der Waals surface area (Å²) in [6.45, 7) is 1.53. The minimum Gasteiger partial charge on any atom is -0.505 e. The van der Waals surface area contributed by atoms with Gasteiger partial charge >= 0.3 is 7.12 Å². The predicted octanol–water partition coefficient (Wildman–Crippen LogP) is -0.480. The van der Waals surface area contributed by atoms with E-state index in [0.717, 1.165) is 6.07 Å². The van der Waals surface area contributed by atoms with Gasteiger partial charge in [-0.1, -0.05) is 6.07 Å². The van der Waals surface area contributed by atoms with E-state index in [2.05, 4.69) is 0 Å². The molecule has 0 aliphatic carbocycles. The average Bonchev–Trinajstić information content (AvgIpc) is 1.97. The van der Waals surface area contributed by atoms with Crippen LogP contribution >= 0.6 is 0 Å². The fourth-order valence-corrected chi connectivity index (χ4v) is 0.995. The summed E-state index contributed by atoms with van der Waals surface area (Å²) >= 11 is 0. The van der Waals surface area contributed by atoms with Gasteiger partial charge in [0, 0.05) is 5.46 Å². The summed E-state index contributed by atoms with van der Waals surface area (Å²) in [6, 6.07) is 2.57. The number of halogens is 1. The van der Waals surface area contributed by atoms with Crippen molar-refractivity contribution in [3.8, 4) is 5.75 Å². The zero-order chi connectivity index (χ0) is 9.30. The summed E-state index contributed by atoms with van der Waals surface area (Å²) in [7, 11) is -1.89. The molecule has 0 saturated heterocycles. The second kappa shape index (κ2) is 3.12. The molecule has 3 N–H and O–H groups in total. The van der Waals surface area contributed by atoms with Gasteiger partial charge in [-0.05, 0) is 18.6 Å². The number of aromatic hydroxyl groups is 1. The van der Waals surface area contributed by atoms with Gasteiger partial charge in [0.25, 0.3) is 0 Å². The minimum atomic E-state index is -1.89. The molecule has 0 aliphatic rings. The zero-order valence-corrected chi connectivity index (χ0v) is 6.45. The van der Waals surface area contributed by atoms with Gasteiger partial charge in [-0.2, -0.15) is 0 Å². The maximum atomic E-state index is 12.9. The Morgan fingerprint density at radius 1 is 1.33 bits per heavy atom. The fourth-order valence-electron chi connectivity index (χ4n) is 0.995. The van der Waals surface area contributed by atoms with Crippen LogP contribution in [0.4, 0.5) is 4.39 Å². The van der Waals surface area contributed by atoms with Crippen molar-refractivity contribution in [2.45, 2.75) is 6.92 Å². The maximum Gasteiger partial charge on any atom is 0.491 e. The Labute approximate surface area is 69.2 Å². The normalized spacial score (nSPS) is 10.0. The Balaban J connectivity index is 3.33. The molecule has 12 heavy (non-hydrogen) atoms. The topological polar surface area (TPSA) is 60.7 Å². The molecule has 3 nitrogen and oxygen atoms in total. The van der Waals surface area contributed by atoms with Crippen LogP contribution in [0.1, 0.15) is 5.56 Å². The van der Waals surface area contributed by atoms with E-state index in [4.69, 9.17) is 15.2 Å². The van der Waals surface area contributed by atoms with Gasteiger partial charge in [0.1, 0.15) is 0 Å². The lowest BCUT2D eigenvalue weighted by Crippen LogP contribution is -2.34. The average molecular weight is 170 g/mol. The van der Waals surface area contributed by atoms with Crippen molar-refractivity contribution in [3.05, 3.63) is 23.5 Å². The molecule has 0 fully saturated rings. The number of benzene rings is 1. The fraction of sp³-hybridized carbons (Fsp3) is 0.143. The highest BCUT2D eigenvalue weighted by molar-refractivity contribution is 6.59. The molecule has 5 heteroatoms. The lowest BCUT2D eigenvalue weighted by atomic mass is 9.77. The largest absolute Gasteiger partial charge is 0.505 e. The van der Waals surface area contributed by atoms with Gasteiger partial charge in [0.05, 0.1) is 0 Å². The third kappa shape index (κ3) is 1.42. The minimum absolute atomic E-state index is 0.282. The SMILES string of the molecule is Cc1ccc(O)c(F)c1B(O)O. The van der Waals surface area contributed by atoms with E-state index in [1.807, 2.05) is 0 Å². The second-order valence-electron chi connectivity index (χ2n) is 2.50. The van der Waals surface area contributed by atoms with Crippen molar-refractivity contribution in [3.63, 3.8) is 0 Å². The zero-order valence-electron chi connectivity index (χ0n) is 6.45. The lowest BCUT2D eigenvalue weighted by molar-refractivity contribution is 0.412. The van der Waals surface area contributed by atoms with Gasteiger partial charge in [0.15, 0.2) is 11.6 Å². The molecule has 1 rings (SSSR count). The number of phenols is 1. The van der Waals surface area contributed by atoms with E-state index in [-0.39, 0.29) is 5.46 Å². The highest BCUT2D eigenvalue weighted by atomic mass is 19.1. The molecule has 0 aromatic heterocycles. The Morgan fingerprint density at radius 3 is 2.33 bits per heavy atom. The molecule has 0 spiro atoms. The first kappa shape index (κ1) is 9.03. The van der Waals surface area contributed by atoms with Crippen molar-refractivity contribution in [1.82, 2.24) is 0 Å². The number of aryl methyl sites for hydroxylation is 1. The van der Waals surface area contributed by atoms with Crippen LogP contribution in [0.2, 0.25) is 0 Å². The Morgan fingerprint density at radius 2 is 1.92 bits per heavy atom. The van der Waals surface area contributed by atoms with Crippen LogP contribution in [-0.2, 0) is 0 Å². The molecule has 1 aromatic rings. The van der Waals surface area contributed by atoms with Crippen LogP contribution < -0.4 is 5.46 Å². The summed E-state index contributed by atoms with van der Waals surface area (Å²) < 4.78 is 12.9. The third-order valence-electron chi connectivity index (χ3n) is 1.64. The van der Waals surface area contributed by atoms with Gasteiger partial charge in [-0.3, -0.25) is 0 Å². The monoisotopic (exact) mass is 170 g/mol. The van der Waals surface area contributed by atoms with Crippen molar-refractivity contribution in [1.29, 1.82) is 0 Å². The van der Waals surface area contributed by atoms with E-state index in [1.54, 1.807) is 0 Å². The third-order valence-corrected chi connectivity index (χ3v) is 1.64. The lowest BCUT2D eigenvalue weighted by Gasteiger charge is -2.06. The molecular weight excluding hydrogens is 162 g/mol. The van der Waals surface area contributed by atoms with Crippen LogP contribution in [0.5, 0.6) is 5.75 Å². The van der Waals surface area contributed by atoms with Gasteiger partial charge in [-0.15, -0.1) is 0 Å². The van der Waals surface area contributed by atoms with Gasteiger partial charge < -0.3 is 15.2 Å². The van der Waals surface area contributed by atoms with Crippen LogP contribution in [-0.4, -0.2) is 22.3 Å². The predicted molar refractivity (Wildman–Crippen MR) is 42.6 cm³/mol. The summed E-state index contributed by atoms with van der Waals surface area (Å²) in [6.07, 6.45) is 0. The molecule has 0 bridgehead atoms. The van der Waals surface area contributed by atoms with Gasteiger partial charge in [0.2, 0.25) is 0 Å². The van der Waals surface area contributed by atoms with Gasteiger partial charge in [-0.25, -0.2) is 4.39 Å². The number of phenolic OH excluding ortho intramolecular Hbond substituents is 1. The van der Waals surface area contributed by atoms with Crippen LogP contribution in [0.25, 0.3) is 0 Å². The summed E-state index contributed by atoms with van der Waals surface area (Å²) in [5.74, 6) is -1.56. The first-order valence-corrected chi connectivity index (χ1v) is 3.38. The summed E-state index contributed by atoms with van der Waals surface area (Å²) in [5, 5.41) is 26.3. The maximum absolute atomic E-state index is 12.9. The van der Waals surface area contributed by atoms with Crippen LogP contribution in [0.15, 0.2) is 12.1 Å². The van der Waals surface area contributed by atoms with Crippen LogP contribution in [0, 0.1) is 12.7 Å². The summed E-state index contributed by atoms with van der Waals surface area (Å²) in [4.78, 5) is 0. The van der Waals surface area contributed by atoms with E-state index >= 15 is 0 Å². The Bertz CT molecular complexity index is 301. The molecule has 0 radical (unpaired) electrons. The first-order chi connectivity index (χ1) is 5.54. The standard InChI is InChI=1S/C7H8BFO3/c1-4-2-3-5(10)7(9)6(4)8(11)12/h2-3,10-12H,1H3. The smallest absolute Gasteiger partial charge is 0.491 e. The van der Waals surface area contributed by atoms with Crippen molar-refractivity contribution >= 4 is 12.6 Å². The van der Waals surface area contributed by atoms with E-state index in [0.29, 0.717) is 5.56 Å². The van der Waals surface area contributed by atoms with Crippen molar-refractivity contribution in [2.24, 2.45) is 0 Å². The van der Waals surface area contributed by atoms with Crippen LogP contribution in [0.3, 0.4) is 0 Å². The van der Waals surface area contributed by atoms with Crippen molar-refractivity contribution < 1.29 is 19.5 Å². The molecule has 0 aliphatic heterocycles. The highest BCUT2D eigenvalue weighted by Crippen LogP contribution is 2.13. The molecule has 0 amide bonds. The Kier molecular flexibility index (Phi) is 2.35. The molecule has 64 valence electrons. The van der Waals surface area contributed by atoms with E-state index < -0.39 is 18.7 Å². The molecular formula is C7H8BFO3. The second-order valence-corrected chi connectivity index (χ2v) is 2.50. The molecule has 0 unspecified atom stereocenters. The first-order valence-electron chi connectivity index (χ1n) is 3.38. The van der Waals surface area contributed by atoms with Crippen molar-refractivity contribution in [2.75, 3.05) is 0 Å². The molecule has 0 saturated carbocycles. The number of rotatable bonds is 1. The highest BCUT2D eigenvalue weighted by Gasteiger charge is 2.21. The molecule has 1 aromatic carbocycles. The Hall–Kier alpha value is -1.07. The number of hydrogen-bond donors (Lipinski definition) is 3. The molecule has 0 atom stereocenters. The van der Waals surface area contributed by atoms with E-state index in [1.165, 1.54) is 13.0 Å². The number of hydrogen-bond acceptors (Lipinski definition) is 3. The van der Waals surface area contributed by atoms with E-state index in [9.17, 15) is 4.39 Å². The quantitative estimate of drug-likeness (QED) is 0.498. The summed E-state index contributed by atoms with van der Waals surface area (Å²) in [5.41, 5.74) is 0.107. The molecule has 0 heterocycles.